The maximum Gasteiger partial charge on any atom is 0.129 e. The standard InChI is InChI=1S/C17H29N3O/c1-5-15-12-20(7-8-21-15)17-10-14(11-18-6-2)9-16(19-17)13(3)4/h9-10,13,15,18H,5-8,11-12H2,1-4H3. The van der Waals surface area contributed by atoms with Crippen LogP contribution in [0.25, 0.3) is 0 Å². The number of hydrogen-bond donors (Lipinski definition) is 1. The number of morpholine rings is 1. The average molecular weight is 291 g/mol. The molecule has 2 heterocycles. The smallest absolute Gasteiger partial charge is 0.129 e. The van der Waals surface area contributed by atoms with E-state index in [0.29, 0.717) is 12.0 Å². The molecule has 0 spiro atoms. The van der Waals surface area contributed by atoms with Gasteiger partial charge in [0.2, 0.25) is 0 Å². The summed E-state index contributed by atoms with van der Waals surface area (Å²) in [6, 6.07) is 4.46. The number of aromatic nitrogens is 1. The number of nitrogens with zero attached hydrogens (tertiary/aromatic N) is 2. The van der Waals surface area contributed by atoms with Crippen molar-refractivity contribution in [3.63, 3.8) is 0 Å². The second-order valence-corrected chi connectivity index (χ2v) is 6.04. The van der Waals surface area contributed by atoms with Crippen molar-refractivity contribution < 1.29 is 4.74 Å². The normalized spacial score (nSPS) is 19.3. The summed E-state index contributed by atoms with van der Waals surface area (Å²) in [5.74, 6) is 1.56. The van der Waals surface area contributed by atoms with Crippen molar-refractivity contribution in [1.29, 1.82) is 0 Å². The summed E-state index contributed by atoms with van der Waals surface area (Å²) in [5, 5.41) is 3.41. The van der Waals surface area contributed by atoms with Crippen molar-refractivity contribution >= 4 is 5.82 Å². The van der Waals surface area contributed by atoms with Gasteiger partial charge in [-0.05, 0) is 36.6 Å². The van der Waals surface area contributed by atoms with E-state index in [9.17, 15) is 0 Å². The van der Waals surface area contributed by atoms with Crippen LogP contribution in [0.5, 0.6) is 0 Å². The van der Waals surface area contributed by atoms with Gasteiger partial charge in [-0.2, -0.15) is 0 Å². The van der Waals surface area contributed by atoms with Gasteiger partial charge in [-0.3, -0.25) is 0 Å². The quantitative estimate of drug-likeness (QED) is 0.874. The van der Waals surface area contributed by atoms with Gasteiger partial charge >= 0.3 is 0 Å². The number of anilines is 1. The Labute approximate surface area is 128 Å². The first-order valence-electron chi connectivity index (χ1n) is 8.22. The Morgan fingerprint density at radius 3 is 2.86 bits per heavy atom. The zero-order valence-corrected chi connectivity index (χ0v) is 13.9. The SMILES string of the molecule is CCNCc1cc(C(C)C)nc(N2CCOC(CC)C2)c1. The van der Waals surface area contributed by atoms with Crippen molar-refractivity contribution in [1.82, 2.24) is 10.3 Å². The van der Waals surface area contributed by atoms with Crippen molar-refractivity contribution in [3.8, 4) is 0 Å². The Morgan fingerprint density at radius 2 is 2.19 bits per heavy atom. The van der Waals surface area contributed by atoms with E-state index in [4.69, 9.17) is 9.72 Å². The molecule has 4 nitrogen and oxygen atoms in total. The highest BCUT2D eigenvalue weighted by Gasteiger charge is 2.21. The van der Waals surface area contributed by atoms with Crippen LogP contribution >= 0.6 is 0 Å². The van der Waals surface area contributed by atoms with Crippen LogP contribution in [0.1, 0.15) is 51.3 Å². The van der Waals surface area contributed by atoms with Crippen LogP contribution in [0.4, 0.5) is 5.82 Å². The monoisotopic (exact) mass is 291 g/mol. The van der Waals surface area contributed by atoms with Crippen LogP contribution < -0.4 is 10.2 Å². The fourth-order valence-corrected chi connectivity index (χ4v) is 2.60. The molecular formula is C17H29N3O. The molecule has 1 unspecified atom stereocenters. The second kappa shape index (κ2) is 7.76. The third-order valence-corrected chi connectivity index (χ3v) is 3.98. The minimum Gasteiger partial charge on any atom is -0.375 e. The molecule has 0 saturated carbocycles. The zero-order chi connectivity index (χ0) is 15.2. The van der Waals surface area contributed by atoms with Gasteiger partial charge < -0.3 is 15.0 Å². The maximum absolute atomic E-state index is 5.77. The molecule has 1 N–H and O–H groups in total. The van der Waals surface area contributed by atoms with Gasteiger partial charge in [-0.15, -0.1) is 0 Å². The predicted molar refractivity (Wildman–Crippen MR) is 88.0 cm³/mol. The number of hydrogen-bond acceptors (Lipinski definition) is 4. The minimum absolute atomic E-state index is 0.334. The zero-order valence-electron chi connectivity index (χ0n) is 13.9. The molecule has 1 atom stereocenters. The molecule has 2 rings (SSSR count). The van der Waals surface area contributed by atoms with E-state index in [-0.39, 0.29) is 0 Å². The van der Waals surface area contributed by atoms with Crippen LogP contribution in [0.2, 0.25) is 0 Å². The van der Waals surface area contributed by atoms with Crippen molar-refractivity contribution in [3.05, 3.63) is 23.4 Å². The number of pyridine rings is 1. The molecule has 0 amide bonds. The van der Waals surface area contributed by atoms with Gasteiger partial charge in [0.25, 0.3) is 0 Å². The summed E-state index contributed by atoms with van der Waals surface area (Å²) in [6.07, 6.45) is 1.39. The molecule has 0 bridgehead atoms. The van der Waals surface area contributed by atoms with E-state index in [2.05, 4.69) is 50.0 Å². The van der Waals surface area contributed by atoms with Crippen molar-refractivity contribution in [2.24, 2.45) is 0 Å². The molecule has 0 aliphatic carbocycles. The first kappa shape index (κ1) is 16.2. The summed E-state index contributed by atoms with van der Waals surface area (Å²) < 4.78 is 5.77. The van der Waals surface area contributed by atoms with E-state index in [1.807, 2.05) is 0 Å². The molecule has 1 aromatic rings. The fraction of sp³-hybridized carbons (Fsp3) is 0.706. The second-order valence-electron chi connectivity index (χ2n) is 6.04. The Hall–Kier alpha value is -1.13. The number of ether oxygens (including phenoxy) is 1. The third kappa shape index (κ3) is 4.42. The lowest BCUT2D eigenvalue weighted by Crippen LogP contribution is -2.42. The van der Waals surface area contributed by atoms with Crippen LogP contribution in [0.15, 0.2) is 12.1 Å². The van der Waals surface area contributed by atoms with Gasteiger partial charge in [0.05, 0.1) is 12.7 Å². The van der Waals surface area contributed by atoms with Crippen molar-refractivity contribution in [2.45, 2.75) is 52.7 Å². The highest BCUT2D eigenvalue weighted by atomic mass is 16.5. The van der Waals surface area contributed by atoms with Gasteiger partial charge in [-0.25, -0.2) is 4.98 Å². The number of rotatable bonds is 6. The largest absolute Gasteiger partial charge is 0.375 e. The van der Waals surface area contributed by atoms with Crippen LogP contribution in [-0.4, -0.2) is 37.3 Å². The lowest BCUT2D eigenvalue weighted by Gasteiger charge is -2.34. The van der Waals surface area contributed by atoms with Crippen LogP contribution in [0.3, 0.4) is 0 Å². The Morgan fingerprint density at radius 1 is 1.38 bits per heavy atom. The van der Waals surface area contributed by atoms with Gasteiger partial charge in [0.15, 0.2) is 0 Å². The molecule has 1 aliphatic rings. The first-order valence-corrected chi connectivity index (χ1v) is 8.22. The molecule has 0 radical (unpaired) electrons. The summed E-state index contributed by atoms with van der Waals surface area (Å²) in [5.41, 5.74) is 2.50. The maximum atomic E-state index is 5.77. The highest BCUT2D eigenvalue weighted by Crippen LogP contribution is 2.22. The van der Waals surface area contributed by atoms with E-state index in [1.54, 1.807) is 0 Å². The summed E-state index contributed by atoms with van der Waals surface area (Å²) >= 11 is 0. The summed E-state index contributed by atoms with van der Waals surface area (Å²) in [4.78, 5) is 7.25. The van der Waals surface area contributed by atoms with Crippen LogP contribution in [-0.2, 0) is 11.3 Å². The molecule has 1 aliphatic heterocycles. The van der Waals surface area contributed by atoms with Gasteiger partial charge in [-0.1, -0.05) is 27.7 Å². The van der Waals surface area contributed by atoms with Gasteiger partial charge in [0, 0.05) is 25.3 Å². The third-order valence-electron chi connectivity index (χ3n) is 3.98. The molecule has 4 heteroatoms. The summed E-state index contributed by atoms with van der Waals surface area (Å²) in [6.45, 7) is 13.3. The summed E-state index contributed by atoms with van der Waals surface area (Å²) in [7, 11) is 0. The minimum atomic E-state index is 0.334. The molecule has 1 fully saturated rings. The van der Waals surface area contributed by atoms with Crippen molar-refractivity contribution in [2.75, 3.05) is 31.1 Å². The van der Waals surface area contributed by atoms with Gasteiger partial charge in [0.1, 0.15) is 5.82 Å². The Bertz CT molecular complexity index is 448. The van der Waals surface area contributed by atoms with E-state index >= 15 is 0 Å². The van der Waals surface area contributed by atoms with E-state index in [1.165, 1.54) is 11.3 Å². The van der Waals surface area contributed by atoms with E-state index in [0.717, 1.165) is 45.0 Å². The molecule has 21 heavy (non-hydrogen) atoms. The number of nitrogens with one attached hydrogen (secondary N) is 1. The lowest BCUT2D eigenvalue weighted by molar-refractivity contribution is 0.0381. The fourth-order valence-electron chi connectivity index (χ4n) is 2.60. The molecule has 1 saturated heterocycles. The Kier molecular flexibility index (Phi) is 6.00. The average Bonchev–Trinajstić information content (AvgIpc) is 2.52. The predicted octanol–water partition coefficient (Wildman–Crippen LogP) is 2.93. The molecular weight excluding hydrogens is 262 g/mol. The molecule has 1 aromatic heterocycles. The lowest BCUT2D eigenvalue weighted by atomic mass is 10.1. The van der Waals surface area contributed by atoms with E-state index < -0.39 is 0 Å². The molecule has 0 aromatic carbocycles. The molecule has 118 valence electrons. The topological polar surface area (TPSA) is 37.4 Å². The Balaban J connectivity index is 2.22. The first-order chi connectivity index (χ1) is 10.1. The highest BCUT2D eigenvalue weighted by molar-refractivity contribution is 5.44. The van der Waals surface area contributed by atoms with Crippen LogP contribution in [0, 0.1) is 0 Å².